The summed E-state index contributed by atoms with van der Waals surface area (Å²) in [5.74, 6) is 0. The highest BCUT2D eigenvalue weighted by Crippen LogP contribution is 2.40. The van der Waals surface area contributed by atoms with E-state index in [1.807, 2.05) is 6.07 Å². The first-order valence-corrected chi connectivity index (χ1v) is 6.44. The predicted molar refractivity (Wildman–Crippen MR) is 59.3 cm³/mol. The van der Waals surface area contributed by atoms with E-state index in [1.54, 1.807) is 32.0 Å². The molecule has 1 aliphatic rings. The first kappa shape index (κ1) is 10.6. The average Bonchev–Trinajstić information content (AvgIpc) is 2.15. The largest absolute Gasteiger partial charge is 0.324 e. The van der Waals surface area contributed by atoms with E-state index in [9.17, 15) is 8.42 Å². The molecule has 2 rings (SSSR count). The van der Waals surface area contributed by atoms with Gasteiger partial charge in [-0.3, -0.25) is 0 Å². The topological polar surface area (TPSA) is 60.2 Å². The highest BCUT2D eigenvalue weighted by Gasteiger charge is 2.43. The molecule has 15 heavy (non-hydrogen) atoms. The Labute approximate surface area is 90.2 Å². The van der Waals surface area contributed by atoms with Crippen molar-refractivity contribution in [1.29, 1.82) is 0 Å². The molecule has 0 saturated heterocycles. The number of benzene rings is 1. The molecule has 0 amide bonds. The van der Waals surface area contributed by atoms with Crippen LogP contribution in [0.5, 0.6) is 0 Å². The quantitative estimate of drug-likeness (QED) is 0.730. The maximum absolute atomic E-state index is 12.2. The van der Waals surface area contributed by atoms with Gasteiger partial charge < -0.3 is 5.73 Å². The zero-order valence-electron chi connectivity index (χ0n) is 8.90. The monoisotopic (exact) mass is 225 g/mol. The molecular weight excluding hydrogens is 210 g/mol. The second kappa shape index (κ2) is 3.06. The van der Waals surface area contributed by atoms with Crippen LogP contribution in [0.3, 0.4) is 0 Å². The fourth-order valence-electron chi connectivity index (χ4n) is 2.08. The van der Waals surface area contributed by atoms with Crippen molar-refractivity contribution in [2.24, 2.45) is 5.73 Å². The summed E-state index contributed by atoms with van der Waals surface area (Å²) in [6.07, 6.45) is 0.479. The van der Waals surface area contributed by atoms with E-state index in [1.165, 1.54) is 0 Å². The molecule has 1 unspecified atom stereocenters. The van der Waals surface area contributed by atoms with Gasteiger partial charge in [-0.05, 0) is 31.9 Å². The Morgan fingerprint density at radius 3 is 2.60 bits per heavy atom. The minimum Gasteiger partial charge on any atom is -0.324 e. The van der Waals surface area contributed by atoms with E-state index >= 15 is 0 Å². The Kier molecular flexibility index (Phi) is 2.17. The molecule has 0 fully saturated rings. The van der Waals surface area contributed by atoms with Crippen LogP contribution >= 0.6 is 0 Å². The Bertz CT molecular complexity index is 491. The number of hydrogen-bond acceptors (Lipinski definition) is 3. The molecule has 0 bridgehead atoms. The summed E-state index contributed by atoms with van der Waals surface area (Å²) in [6.45, 7) is 3.47. The molecule has 0 radical (unpaired) electrons. The molecule has 1 atom stereocenters. The summed E-state index contributed by atoms with van der Waals surface area (Å²) < 4.78 is 23.7. The van der Waals surface area contributed by atoms with Crippen LogP contribution in [-0.4, -0.2) is 13.2 Å². The summed E-state index contributed by atoms with van der Waals surface area (Å²) in [5.41, 5.74) is 6.73. The average molecular weight is 225 g/mol. The molecular formula is C11H15NO2S. The summed E-state index contributed by atoms with van der Waals surface area (Å²) in [7, 11) is -3.23. The number of nitrogens with two attached hydrogens (primary N) is 1. The zero-order valence-corrected chi connectivity index (χ0v) is 9.71. The fourth-order valence-corrected chi connectivity index (χ4v) is 3.86. The van der Waals surface area contributed by atoms with E-state index < -0.39 is 14.6 Å². The Morgan fingerprint density at radius 1 is 1.33 bits per heavy atom. The molecule has 0 saturated carbocycles. The molecule has 1 heterocycles. The molecule has 4 heteroatoms. The van der Waals surface area contributed by atoms with Crippen LogP contribution in [0.25, 0.3) is 0 Å². The molecule has 1 aliphatic heterocycles. The molecule has 2 N–H and O–H groups in total. The van der Waals surface area contributed by atoms with Crippen molar-refractivity contribution < 1.29 is 8.42 Å². The Morgan fingerprint density at radius 2 is 1.93 bits per heavy atom. The number of sulfone groups is 1. The lowest BCUT2D eigenvalue weighted by atomic mass is 9.96. The van der Waals surface area contributed by atoms with Crippen LogP contribution in [-0.2, 0) is 9.84 Å². The third-order valence-corrected chi connectivity index (χ3v) is 5.62. The Balaban J connectivity index is 2.74. The van der Waals surface area contributed by atoms with Crippen LogP contribution in [0.15, 0.2) is 29.2 Å². The van der Waals surface area contributed by atoms with E-state index in [4.69, 9.17) is 5.73 Å². The SMILES string of the molecule is CC1(C)CC(N)c2ccccc2S1(=O)=O. The minimum absolute atomic E-state index is 0.181. The third kappa shape index (κ3) is 1.40. The molecule has 82 valence electrons. The third-order valence-electron chi connectivity index (χ3n) is 3.05. The number of fused-ring (bicyclic) bond motifs is 1. The van der Waals surface area contributed by atoms with Gasteiger partial charge in [0.15, 0.2) is 9.84 Å². The predicted octanol–water partition coefficient (Wildman–Crippen LogP) is 1.64. The normalized spacial score (nSPS) is 27.0. The highest BCUT2D eigenvalue weighted by atomic mass is 32.2. The second-order valence-electron chi connectivity index (χ2n) is 4.61. The van der Waals surface area contributed by atoms with Gasteiger partial charge >= 0.3 is 0 Å². The van der Waals surface area contributed by atoms with E-state index in [2.05, 4.69) is 0 Å². The van der Waals surface area contributed by atoms with E-state index in [-0.39, 0.29) is 6.04 Å². The van der Waals surface area contributed by atoms with Crippen molar-refractivity contribution in [3.05, 3.63) is 29.8 Å². The molecule has 0 aromatic heterocycles. The molecule has 3 nitrogen and oxygen atoms in total. The molecule has 0 aliphatic carbocycles. The number of hydrogen-bond donors (Lipinski definition) is 1. The van der Waals surface area contributed by atoms with Crippen molar-refractivity contribution in [2.45, 2.75) is 36.0 Å². The fraction of sp³-hybridized carbons (Fsp3) is 0.455. The van der Waals surface area contributed by atoms with Gasteiger partial charge in [0.1, 0.15) is 0 Å². The maximum atomic E-state index is 12.2. The first-order chi connectivity index (χ1) is 6.86. The van der Waals surface area contributed by atoms with Crippen molar-refractivity contribution in [1.82, 2.24) is 0 Å². The van der Waals surface area contributed by atoms with Crippen LogP contribution in [0.4, 0.5) is 0 Å². The van der Waals surface area contributed by atoms with Crippen molar-refractivity contribution in [3.63, 3.8) is 0 Å². The van der Waals surface area contributed by atoms with Crippen LogP contribution < -0.4 is 5.73 Å². The molecule has 0 spiro atoms. The zero-order chi connectivity index (χ0) is 11.3. The molecule has 1 aromatic carbocycles. The minimum atomic E-state index is -3.23. The van der Waals surface area contributed by atoms with Crippen LogP contribution in [0.1, 0.15) is 31.9 Å². The lowest BCUT2D eigenvalue weighted by molar-refractivity contribution is 0.469. The van der Waals surface area contributed by atoms with Gasteiger partial charge in [-0.1, -0.05) is 18.2 Å². The van der Waals surface area contributed by atoms with Crippen LogP contribution in [0.2, 0.25) is 0 Å². The smallest absolute Gasteiger partial charge is 0.183 e. The maximum Gasteiger partial charge on any atom is 0.183 e. The standard InChI is InChI=1S/C11H15NO2S/c1-11(2)7-9(12)8-5-3-4-6-10(8)15(11,13)14/h3-6,9H,7,12H2,1-2H3. The van der Waals surface area contributed by atoms with E-state index in [0.717, 1.165) is 5.56 Å². The van der Waals surface area contributed by atoms with Crippen LogP contribution in [0, 0.1) is 0 Å². The van der Waals surface area contributed by atoms with Crippen molar-refractivity contribution in [3.8, 4) is 0 Å². The number of rotatable bonds is 0. The van der Waals surface area contributed by atoms with Crippen molar-refractivity contribution in [2.75, 3.05) is 0 Å². The summed E-state index contributed by atoms with van der Waals surface area (Å²) in [6, 6.07) is 6.83. The highest BCUT2D eigenvalue weighted by molar-refractivity contribution is 7.92. The van der Waals surface area contributed by atoms with Gasteiger partial charge in [0.05, 0.1) is 9.64 Å². The van der Waals surface area contributed by atoms with Gasteiger partial charge in [0.2, 0.25) is 0 Å². The second-order valence-corrected chi connectivity index (χ2v) is 7.16. The van der Waals surface area contributed by atoms with Gasteiger partial charge in [0, 0.05) is 6.04 Å². The summed E-state index contributed by atoms with van der Waals surface area (Å²) in [4.78, 5) is 0.397. The summed E-state index contributed by atoms with van der Waals surface area (Å²) >= 11 is 0. The van der Waals surface area contributed by atoms with Gasteiger partial charge in [-0.15, -0.1) is 0 Å². The van der Waals surface area contributed by atoms with Gasteiger partial charge in [-0.2, -0.15) is 0 Å². The van der Waals surface area contributed by atoms with Gasteiger partial charge in [-0.25, -0.2) is 8.42 Å². The molecule has 1 aromatic rings. The van der Waals surface area contributed by atoms with Gasteiger partial charge in [0.25, 0.3) is 0 Å². The lowest BCUT2D eigenvalue weighted by Gasteiger charge is -2.34. The van der Waals surface area contributed by atoms with Crippen molar-refractivity contribution >= 4 is 9.84 Å². The summed E-state index contributed by atoms with van der Waals surface area (Å²) in [5, 5.41) is 0. The Hall–Kier alpha value is -0.870. The lowest BCUT2D eigenvalue weighted by Crippen LogP contribution is -2.40. The first-order valence-electron chi connectivity index (χ1n) is 4.95. The van der Waals surface area contributed by atoms with E-state index in [0.29, 0.717) is 11.3 Å².